The Morgan fingerprint density at radius 2 is 1.52 bits per heavy atom. The molecule has 3 rings (SSSR count). The maximum atomic E-state index is 9.37. The van der Waals surface area contributed by atoms with E-state index in [2.05, 4.69) is 22.1 Å². The van der Waals surface area contributed by atoms with Crippen LogP contribution in [0.3, 0.4) is 0 Å². The van der Waals surface area contributed by atoms with Crippen LogP contribution in [-0.2, 0) is 12.8 Å². The fourth-order valence-electron chi connectivity index (χ4n) is 2.68. The molecule has 4 nitrogen and oxygen atoms in total. The van der Waals surface area contributed by atoms with E-state index in [1.807, 2.05) is 48.5 Å². The van der Waals surface area contributed by atoms with Crippen LogP contribution in [0.2, 0.25) is 0 Å². The van der Waals surface area contributed by atoms with Crippen LogP contribution in [0.4, 0.5) is 0 Å². The fraction of sp³-hybridized carbons (Fsp3) is 0.167. The van der Waals surface area contributed by atoms with Crippen molar-refractivity contribution in [3.8, 4) is 11.3 Å². The van der Waals surface area contributed by atoms with Crippen LogP contribution in [0.5, 0.6) is 0 Å². The van der Waals surface area contributed by atoms with E-state index in [1.54, 1.807) is 0 Å². The molecule has 0 saturated carbocycles. The Balaban J connectivity index is 1.77. The van der Waals surface area contributed by atoms with Gasteiger partial charge in [0.05, 0.1) is 5.69 Å². The third-order valence-corrected chi connectivity index (χ3v) is 3.82. The van der Waals surface area contributed by atoms with Crippen LogP contribution in [0.15, 0.2) is 60.7 Å². The number of H-pyrrole nitrogens is 1. The average Bonchev–Trinajstić information content (AvgIpc) is 3.01. The molecule has 0 radical (unpaired) electrons. The second kappa shape index (κ2) is 7.27. The minimum Gasteiger partial charge on any atom is -0.421 e. The standard InChI is InChI=1S/C18H19BN2O2/c22-19(23)18-20-16(13-7-10-14-8-3-1-4-9-14)17(21-18)15-11-5-2-6-12-15/h1-6,8-9,11-12,22-23H,7,10,13H2,(H,20,21). The van der Waals surface area contributed by atoms with Crippen LogP contribution in [0.25, 0.3) is 11.3 Å². The zero-order valence-electron chi connectivity index (χ0n) is 12.8. The molecule has 0 atom stereocenters. The summed E-state index contributed by atoms with van der Waals surface area (Å²) in [4.78, 5) is 7.40. The van der Waals surface area contributed by atoms with Gasteiger partial charge in [-0.2, -0.15) is 0 Å². The van der Waals surface area contributed by atoms with Gasteiger partial charge in [0.1, 0.15) is 5.72 Å². The van der Waals surface area contributed by atoms with Crippen molar-refractivity contribution >= 4 is 12.8 Å². The zero-order valence-corrected chi connectivity index (χ0v) is 12.8. The molecule has 0 aliphatic rings. The number of nitrogens with zero attached hydrogens (tertiary/aromatic N) is 1. The van der Waals surface area contributed by atoms with E-state index in [0.717, 1.165) is 36.2 Å². The van der Waals surface area contributed by atoms with E-state index in [0.29, 0.717) is 0 Å². The fourth-order valence-corrected chi connectivity index (χ4v) is 2.68. The molecule has 23 heavy (non-hydrogen) atoms. The molecule has 5 heteroatoms. The molecule has 0 aliphatic heterocycles. The minimum atomic E-state index is -1.58. The van der Waals surface area contributed by atoms with Gasteiger partial charge in [-0.1, -0.05) is 60.7 Å². The molecule has 0 unspecified atom stereocenters. The molecule has 0 bridgehead atoms. The maximum Gasteiger partial charge on any atom is 0.526 e. The summed E-state index contributed by atoms with van der Waals surface area (Å²) in [5.41, 5.74) is 4.21. The van der Waals surface area contributed by atoms with E-state index in [9.17, 15) is 10.0 Å². The molecule has 0 saturated heterocycles. The summed E-state index contributed by atoms with van der Waals surface area (Å²) < 4.78 is 0. The lowest BCUT2D eigenvalue weighted by Gasteiger charge is -2.04. The highest BCUT2D eigenvalue weighted by Gasteiger charge is 2.20. The predicted molar refractivity (Wildman–Crippen MR) is 92.3 cm³/mol. The summed E-state index contributed by atoms with van der Waals surface area (Å²) in [7, 11) is -1.58. The second-order valence-corrected chi connectivity index (χ2v) is 5.53. The number of aryl methyl sites for hydroxylation is 2. The highest BCUT2D eigenvalue weighted by molar-refractivity contribution is 6.56. The third kappa shape index (κ3) is 3.89. The van der Waals surface area contributed by atoms with Crippen molar-refractivity contribution in [1.29, 1.82) is 0 Å². The summed E-state index contributed by atoms with van der Waals surface area (Å²) in [6.07, 6.45) is 2.75. The van der Waals surface area contributed by atoms with Gasteiger partial charge >= 0.3 is 7.12 Å². The van der Waals surface area contributed by atoms with Gasteiger partial charge in [0, 0.05) is 11.3 Å². The molecule has 0 amide bonds. The third-order valence-electron chi connectivity index (χ3n) is 3.82. The first-order chi connectivity index (χ1) is 11.2. The highest BCUT2D eigenvalue weighted by Crippen LogP contribution is 2.21. The number of hydrogen-bond donors (Lipinski definition) is 3. The molecule has 0 fully saturated rings. The molecular weight excluding hydrogens is 287 g/mol. The van der Waals surface area contributed by atoms with E-state index in [-0.39, 0.29) is 5.72 Å². The molecule has 0 spiro atoms. The first-order valence-corrected chi connectivity index (χ1v) is 7.78. The maximum absolute atomic E-state index is 9.37. The summed E-state index contributed by atoms with van der Waals surface area (Å²) in [6, 6.07) is 20.1. The number of imidazole rings is 1. The smallest absolute Gasteiger partial charge is 0.421 e. The second-order valence-electron chi connectivity index (χ2n) is 5.53. The SMILES string of the molecule is OB(O)c1nc(-c2ccccc2)c(CCCc2ccccc2)[nH]1. The van der Waals surface area contributed by atoms with Crippen LogP contribution < -0.4 is 5.72 Å². The minimum absolute atomic E-state index is 0.193. The monoisotopic (exact) mass is 306 g/mol. The number of benzene rings is 2. The molecule has 1 aromatic heterocycles. The Labute approximate surface area is 136 Å². The van der Waals surface area contributed by atoms with Crippen LogP contribution >= 0.6 is 0 Å². The summed E-state index contributed by atoms with van der Waals surface area (Å²) >= 11 is 0. The van der Waals surface area contributed by atoms with Gasteiger partial charge in [0.2, 0.25) is 0 Å². The lowest BCUT2D eigenvalue weighted by Crippen LogP contribution is -2.33. The van der Waals surface area contributed by atoms with Gasteiger partial charge in [0.15, 0.2) is 0 Å². The van der Waals surface area contributed by atoms with Gasteiger partial charge in [0.25, 0.3) is 0 Å². The van der Waals surface area contributed by atoms with E-state index < -0.39 is 7.12 Å². The van der Waals surface area contributed by atoms with Crippen molar-refractivity contribution in [2.24, 2.45) is 0 Å². The molecule has 1 heterocycles. The number of nitrogens with one attached hydrogen (secondary N) is 1. The summed E-state index contributed by atoms with van der Waals surface area (Å²) in [5.74, 6) is 0. The summed E-state index contributed by atoms with van der Waals surface area (Å²) in [6.45, 7) is 0. The van der Waals surface area contributed by atoms with Gasteiger partial charge in [-0.15, -0.1) is 0 Å². The number of hydrogen-bond acceptors (Lipinski definition) is 3. The molecule has 0 aliphatic carbocycles. The van der Waals surface area contributed by atoms with E-state index in [4.69, 9.17) is 0 Å². The van der Waals surface area contributed by atoms with Crippen LogP contribution in [-0.4, -0.2) is 27.1 Å². The zero-order chi connectivity index (χ0) is 16.1. The quantitative estimate of drug-likeness (QED) is 0.610. The lowest BCUT2D eigenvalue weighted by atomic mass is 9.91. The predicted octanol–water partition coefficient (Wildman–Crippen LogP) is 1.93. The van der Waals surface area contributed by atoms with Crippen molar-refractivity contribution in [2.75, 3.05) is 0 Å². The Bertz CT molecular complexity index is 742. The van der Waals surface area contributed by atoms with Gasteiger partial charge < -0.3 is 15.0 Å². The molecule has 116 valence electrons. The van der Waals surface area contributed by atoms with Gasteiger partial charge in [-0.05, 0) is 24.8 Å². The average molecular weight is 306 g/mol. The summed E-state index contributed by atoms with van der Waals surface area (Å²) in [5, 5.41) is 18.7. The number of aromatic nitrogens is 2. The highest BCUT2D eigenvalue weighted by atomic mass is 16.4. The molecule has 3 N–H and O–H groups in total. The topological polar surface area (TPSA) is 69.1 Å². The van der Waals surface area contributed by atoms with Crippen molar-refractivity contribution < 1.29 is 10.0 Å². The molecular formula is C18H19BN2O2. The number of rotatable bonds is 6. The van der Waals surface area contributed by atoms with Gasteiger partial charge in [-0.3, -0.25) is 0 Å². The van der Waals surface area contributed by atoms with Crippen molar-refractivity contribution in [3.05, 3.63) is 71.9 Å². The Hall–Kier alpha value is -2.37. The largest absolute Gasteiger partial charge is 0.526 e. The Kier molecular flexibility index (Phi) is 4.90. The molecule has 2 aromatic carbocycles. The first kappa shape index (κ1) is 15.5. The van der Waals surface area contributed by atoms with Crippen molar-refractivity contribution in [1.82, 2.24) is 9.97 Å². The molecule has 3 aromatic rings. The Morgan fingerprint density at radius 1 is 0.870 bits per heavy atom. The first-order valence-electron chi connectivity index (χ1n) is 7.78. The van der Waals surface area contributed by atoms with Crippen molar-refractivity contribution in [2.45, 2.75) is 19.3 Å². The lowest BCUT2D eigenvalue weighted by molar-refractivity contribution is 0.423. The normalized spacial score (nSPS) is 10.7. The number of aromatic amines is 1. The van der Waals surface area contributed by atoms with E-state index >= 15 is 0 Å². The van der Waals surface area contributed by atoms with E-state index in [1.165, 1.54) is 5.56 Å². The van der Waals surface area contributed by atoms with Gasteiger partial charge in [-0.25, -0.2) is 4.98 Å². The van der Waals surface area contributed by atoms with Crippen LogP contribution in [0, 0.1) is 0 Å². The Morgan fingerprint density at radius 3 is 2.17 bits per heavy atom. The van der Waals surface area contributed by atoms with Crippen LogP contribution in [0.1, 0.15) is 17.7 Å². The van der Waals surface area contributed by atoms with Crippen molar-refractivity contribution in [3.63, 3.8) is 0 Å².